The van der Waals surface area contributed by atoms with E-state index in [9.17, 15) is 15.0 Å². The van der Waals surface area contributed by atoms with Crippen LogP contribution in [0, 0.1) is 5.92 Å². The third-order valence-electron chi connectivity index (χ3n) is 2.40. The monoisotopic (exact) mass is 205 g/mol. The minimum Gasteiger partial charge on any atom is -0.394 e. The largest absolute Gasteiger partial charge is 0.394 e. The fourth-order valence-electron chi connectivity index (χ4n) is 1.46. The lowest BCUT2D eigenvalue weighted by molar-refractivity contribution is -0.181. The van der Waals surface area contributed by atoms with Gasteiger partial charge in [-0.3, -0.25) is 4.79 Å². The molecule has 6 heteroatoms. The van der Waals surface area contributed by atoms with Crippen LogP contribution in [-0.4, -0.2) is 59.8 Å². The molecule has 0 bridgehead atoms. The third-order valence-corrected chi connectivity index (χ3v) is 2.40. The van der Waals surface area contributed by atoms with Gasteiger partial charge in [0.2, 0.25) is 5.91 Å². The first kappa shape index (κ1) is 11.4. The summed E-state index contributed by atoms with van der Waals surface area (Å²) in [4.78, 5) is 11.2. The summed E-state index contributed by atoms with van der Waals surface area (Å²) in [5.74, 6) is -1.16. The standard InChI is InChI=1S/C8H15NO5/c1-9-8(13)4-3-14-5(2-10)7(12)6(4)11/h4-7,10-12H,2-3H2,1H3,(H,9,13)/t4-,5-,6-,7+/m1/s1. The molecule has 1 heterocycles. The van der Waals surface area contributed by atoms with Crippen molar-refractivity contribution in [3.8, 4) is 0 Å². The van der Waals surface area contributed by atoms with E-state index in [1.165, 1.54) is 7.05 Å². The second-order valence-electron chi connectivity index (χ2n) is 3.26. The van der Waals surface area contributed by atoms with E-state index < -0.39 is 24.2 Å². The molecule has 0 aromatic carbocycles. The maximum atomic E-state index is 11.2. The van der Waals surface area contributed by atoms with Crippen LogP contribution in [0.2, 0.25) is 0 Å². The van der Waals surface area contributed by atoms with Gasteiger partial charge in [-0.15, -0.1) is 0 Å². The zero-order valence-electron chi connectivity index (χ0n) is 7.88. The molecule has 0 unspecified atom stereocenters. The molecule has 0 radical (unpaired) electrons. The number of amides is 1. The molecular weight excluding hydrogens is 190 g/mol. The van der Waals surface area contributed by atoms with Crippen molar-refractivity contribution >= 4 is 5.91 Å². The minimum atomic E-state index is -1.23. The second-order valence-corrected chi connectivity index (χ2v) is 3.26. The Labute approximate surface area is 81.5 Å². The van der Waals surface area contributed by atoms with Crippen molar-refractivity contribution in [3.05, 3.63) is 0 Å². The number of ether oxygens (including phenoxy) is 1. The van der Waals surface area contributed by atoms with Crippen LogP contribution in [-0.2, 0) is 9.53 Å². The topological polar surface area (TPSA) is 99.0 Å². The Morgan fingerprint density at radius 3 is 2.64 bits per heavy atom. The normalized spacial score (nSPS) is 38.0. The zero-order valence-corrected chi connectivity index (χ0v) is 7.88. The molecule has 1 fully saturated rings. The van der Waals surface area contributed by atoms with Crippen LogP contribution in [0.15, 0.2) is 0 Å². The molecule has 82 valence electrons. The van der Waals surface area contributed by atoms with Gasteiger partial charge in [-0.25, -0.2) is 0 Å². The van der Waals surface area contributed by atoms with E-state index in [1.54, 1.807) is 0 Å². The van der Waals surface area contributed by atoms with Crippen LogP contribution in [0.3, 0.4) is 0 Å². The van der Waals surface area contributed by atoms with Crippen molar-refractivity contribution in [3.63, 3.8) is 0 Å². The lowest BCUT2D eigenvalue weighted by atomic mass is 9.92. The number of carbonyl (C=O) groups excluding carboxylic acids is 1. The number of nitrogens with one attached hydrogen (secondary N) is 1. The molecule has 0 aliphatic carbocycles. The molecule has 0 saturated carbocycles. The van der Waals surface area contributed by atoms with Gasteiger partial charge < -0.3 is 25.4 Å². The van der Waals surface area contributed by atoms with Gasteiger partial charge in [-0.2, -0.15) is 0 Å². The number of aliphatic hydroxyl groups excluding tert-OH is 3. The Kier molecular flexibility index (Phi) is 3.82. The number of hydrogen-bond donors (Lipinski definition) is 4. The summed E-state index contributed by atoms with van der Waals surface area (Å²) in [6.07, 6.45) is -3.23. The van der Waals surface area contributed by atoms with Crippen LogP contribution in [0.5, 0.6) is 0 Å². The zero-order chi connectivity index (χ0) is 10.7. The molecule has 0 spiro atoms. The quantitative estimate of drug-likeness (QED) is 0.398. The van der Waals surface area contributed by atoms with Gasteiger partial charge in [0.05, 0.1) is 25.2 Å². The van der Waals surface area contributed by atoms with Gasteiger partial charge in [0.1, 0.15) is 12.2 Å². The Bertz CT molecular complexity index is 210. The molecule has 1 aliphatic rings. The summed E-state index contributed by atoms with van der Waals surface area (Å²) in [5, 5.41) is 30.1. The highest BCUT2D eigenvalue weighted by atomic mass is 16.5. The van der Waals surface area contributed by atoms with Crippen molar-refractivity contribution in [2.24, 2.45) is 5.92 Å². The van der Waals surface area contributed by atoms with E-state index in [0.717, 1.165) is 0 Å². The SMILES string of the molecule is CNC(=O)[C@@H]1CO[C@H](CO)[C@H](O)[C@@H]1O. The average Bonchev–Trinajstić information content (AvgIpc) is 2.21. The van der Waals surface area contributed by atoms with E-state index in [0.29, 0.717) is 0 Å². The average molecular weight is 205 g/mol. The molecule has 0 aromatic heterocycles. The highest BCUT2D eigenvalue weighted by Crippen LogP contribution is 2.20. The van der Waals surface area contributed by atoms with Gasteiger partial charge in [-0.1, -0.05) is 0 Å². The first-order valence-corrected chi connectivity index (χ1v) is 4.42. The predicted octanol–water partition coefficient (Wildman–Crippen LogP) is -2.54. The maximum Gasteiger partial charge on any atom is 0.227 e. The van der Waals surface area contributed by atoms with Gasteiger partial charge in [0.15, 0.2) is 0 Å². The fraction of sp³-hybridized carbons (Fsp3) is 0.875. The molecule has 1 saturated heterocycles. The van der Waals surface area contributed by atoms with E-state index in [1.807, 2.05) is 0 Å². The first-order chi connectivity index (χ1) is 6.61. The van der Waals surface area contributed by atoms with Crippen molar-refractivity contribution in [1.29, 1.82) is 0 Å². The molecule has 4 atom stereocenters. The summed E-state index contributed by atoms with van der Waals surface area (Å²) >= 11 is 0. The van der Waals surface area contributed by atoms with Gasteiger partial charge in [-0.05, 0) is 0 Å². The predicted molar refractivity (Wildman–Crippen MR) is 46.4 cm³/mol. The van der Waals surface area contributed by atoms with E-state index in [4.69, 9.17) is 9.84 Å². The molecular formula is C8H15NO5. The van der Waals surface area contributed by atoms with E-state index in [2.05, 4.69) is 5.32 Å². The molecule has 4 N–H and O–H groups in total. The van der Waals surface area contributed by atoms with Gasteiger partial charge >= 0.3 is 0 Å². The fourth-order valence-corrected chi connectivity index (χ4v) is 1.46. The Hall–Kier alpha value is -0.690. The Morgan fingerprint density at radius 2 is 2.14 bits per heavy atom. The molecule has 1 aliphatic heterocycles. The molecule has 1 rings (SSSR count). The lowest BCUT2D eigenvalue weighted by Crippen LogP contribution is -2.55. The van der Waals surface area contributed by atoms with Crippen molar-refractivity contribution in [2.45, 2.75) is 18.3 Å². The van der Waals surface area contributed by atoms with E-state index in [-0.39, 0.29) is 19.1 Å². The van der Waals surface area contributed by atoms with Crippen molar-refractivity contribution < 1.29 is 24.9 Å². The van der Waals surface area contributed by atoms with Crippen molar-refractivity contribution in [2.75, 3.05) is 20.3 Å². The maximum absolute atomic E-state index is 11.2. The number of aliphatic hydroxyl groups is 3. The smallest absolute Gasteiger partial charge is 0.227 e. The third kappa shape index (κ3) is 2.03. The van der Waals surface area contributed by atoms with Gasteiger partial charge in [0.25, 0.3) is 0 Å². The van der Waals surface area contributed by atoms with Crippen LogP contribution in [0.4, 0.5) is 0 Å². The Balaban J connectivity index is 2.63. The van der Waals surface area contributed by atoms with Gasteiger partial charge in [0, 0.05) is 7.05 Å². The first-order valence-electron chi connectivity index (χ1n) is 4.42. The highest BCUT2D eigenvalue weighted by Gasteiger charge is 2.41. The summed E-state index contributed by atoms with van der Waals surface area (Å²) in [7, 11) is 1.44. The summed E-state index contributed by atoms with van der Waals surface area (Å²) in [6.45, 7) is -0.373. The number of carbonyl (C=O) groups is 1. The lowest BCUT2D eigenvalue weighted by Gasteiger charge is -2.35. The molecule has 6 nitrogen and oxygen atoms in total. The highest BCUT2D eigenvalue weighted by molar-refractivity contribution is 5.79. The number of hydrogen-bond acceptors (Lipinski definition) is 5. The molecule has 1 amide bonds. The number of rotatable bonds is 2. The van der Waals surface area contributed by atoms with Crippen LogP contribution in [0.1, 0.15) is 0 Å². The van der Waals surface area contributed by atoms with Crippen molar-refractivity contribution in [1.82, 2.24) is 5.32 Å². The summed E-state index contributed by atoms with van der Waals surface area (Å²) in [5.41, 5.74) is 0. The molecule has 14 heavy (non-hydrogen) atoms. The molecule has 0 aromatic rings. The summed E-state index contributed by atoms with van der Waals surface area (Å²) < 4.78 is 5.02. The van der Waals surface area contributed by atoms with E-state index >= 15 is 0 Å². The van der Waals surface area contributed by atoms with Crippen LogP contribution in [0.25, 0.3) is 0 Å². The second kappa shape index (κ2) is 4.70. The summed E-state index contributed by atoms with van der Waals surface area (Å²) in [6, 6.07) is 0. The van der Waals surface area contributed by atoms with Crippen LogP contribution >= 0.6 is 0 Å². The van der Waals surface area contributed by atoms with Crippen LogP contribution < -0.4 is 5.32 Å². The Morgan fingerprint density at radius 1 is 1.50 bits per heavy atom. The minimum absolute atomic E-state index is 0.00310.